The molecule has 0 aliphatic rings. The lowest BCUT2D eigenvalue weighted by atomic mass is 10.0. The van der Waals surface area contributed by atoms with Gasteiger partial charge in [0.15, 0.2) is 5.75 Å². The van der Waals surface area contributed by atoms with E-state index in [2.05, 4.69) is 31.9 Å². The summed E-state index contributed by atoms with van der Waals surface area (Å²) in [6, 6.07) is 8.65. The van der Waals surface area contributed by atoms with Crippen LogP contribution in [0.5, 0.6) is 17.2 Å². The molecule has 0 unspecified atom stereocenters. The lowest BCUT2D eigenvalue weighted by Gasteiger charge is -2.16. The average Bonchev–Trinajstić information content (AvgIpc) is 2.49. The Kier molecular flexibility index (Phi) is 6.60. The Morgan fingerprint density at radius 1 is 1.21 bits per heavy atom. The molecule has 0 radical (unpaired) electrons. The fourth-order valence-electron chi connectivity index (χ4n) is 2.05. The van der Waals surface area contributed by atoms with Crippen LogP contribution in [0.4, 0.5) is 0 Å². The first-order chi connectivity index (χ1) is 11.3. The van der Waals surface area contributed by atoms with E-state index in [0.717, 1.165) is 10.5 Å². The molecule has 0 heterocycles. The van der Waals surface area contributed by atoms with Crippen LogP contribution in [0.25, 0.3) is 0 Å². The van der Waals surface area contributed by atoms with Crippen LogP contribution in [-0.2, 0) is 4.79 Å². The van der Waals surface area contributed by atoms with Crippen LogP contribution in [-0.4, -0.2) is 21.9 Å². The zero-order chi connectivity index (χ0) is 17.9. The SMILES string of the molecule is CC(C)c1cc(O)ccc1Oc1c(Br)cc(SCC(=O)O)cc1Br. The number of thioether (sulfide) groups is 1. The molecule has 0 aromatic heterocycles. The van der Waals surface area contributed by atoms with Crippen molar-refractivity contribution in [2.24, 2.45) is 0 Å². The van der Waals surface area contributed by atoms with Crippen molar-refractivity contribution in [1.29, 1.82) is 0 Å². The summed E-state index contributed by atoms with van der Waals surface area (Å²) in [5, 5.41) is 18.5. The van der Waals surface area contributed by atoms with Crippen molar-refractivity contribution in [3.63, 3.8) is 0 Å². The summed E-state index contributed by atoms with van der Waals surface area (Å²) < 4.78 is 7.47. The molecule has 0 aliphatic carbocycles. The number of benzene rings is 2. The fourth-order valence-corrected chi connectivity index (χ4v) is 4.40. The Bertz CT molecular complexity index is 739. The zero-order valence-electron chi connectivity index (χ0n) is 13.0. The summed E-state index contributed by atoms with van der Waals surface area (Å²) in [7, 11) is 0. The molecule has 2 N–H and O–H groups in total. The molecule has 2 aromatic carbocycles. The summed E-state index contributed by atoms with van der Waals surface area (Å²) >= 11 is 8.18. The molecule has 0 bridgehead atoms. The maximum Gasteiger partial charge on any atom is 0.313 e. The van der Waals surface area contributed by atoms with Crippen molar-refractivity contribution in [2.45, 2.75) is 24.7 Å². The molecule has 4 nitrogen and oxygen atoms in total. The fraction of sp³-hybridized carbons (Fsp3) is 0.235. The summed E-state index contributed by atoms with van der Waals surface area (Å²) in [5.41, 5.74) is 0.901. The normalized spacial score (nSPS) is 10.9. The van der Waals surface area contributed by atoms with Crippen molar-refractivity contribution in [3.05, 3.63) is 44.8 Å². The first-order valence-electron chi connectivity index (χ1n) is 7.12. The number of aromatic hydroxyl groups is 1. The van der Waals surface area contributed by atoms with Gasteiger partial charge in [-0.15, -0.1) is 11.8 Å². The predicted octanol–water partition coefficient (Wildman–Crippen LogP) is 6.01. The predicted molar refractivity (Wildman–Crippen MR) is 102 cm³/mol. The van der Waals surface area contributed by atoms with E-state index < -0.39 is 5.97 Å². The molecule has 0 atom stereocenters. The van der Waals surface area contributed by atoms with Crippen LogP contribution < -0.4 is 4.74 Å². The first kappa shape index (κ1) is 19.1. The van der Waals surface area contributed by atoms with Gasteiger partial charge in [0.25, 0.3) is 0 Å². The van der Waals surface area contributed by atoms with Gasteiger partial charge in [-0.05, 0) is 68.1 Å². The number of halogens is 2. The summed E-state index contributed by atoms with van der Waals surface area (Å²) in [6.07, 6.45) is 0. The molecule has 0 amide bonds. The van der Waals surface area contributed by atoms with Crippen LogP contribution in [0, 0.1) is 0 Å². The molecule has 0 saturated carbocycles. The van der Waals surface area contributed by atoms with Crippen molar-refractivity contribution >= 4 is 49.6 Å². The van der Waals surface area contributed by atoms with Crippen LogP contribution >= 0.6 is 43.6 Å². The van der Waals surface area contributed by atoms with E-state index >= 15 is 0 Å². The molecule has 2 rings (SSSR count). The largest absolute Gasteiger partial charge is 0.508 e. The van der Waals surface area contributed by atoms with Gasteiger partial charge in [0.2, 0.25) is 0 Å². The minimum absolute atomic E-state index is 0.00541. The van der Waals surface area contributed by atoms with Gasteiger partial charge in [0, 0.05) is 10.5 Å². The van der Waals surface area contributed by atoms with Gasteiger partial charge in [-0.25, -0.2) is 0 Å². The van der Waals surface area contributed by atoms with E-state index in [1.54, 1.807) is 18.2 Å². The Labute approximate surface area is 161 Å². The number of phenols is 1. The molecule has 0 aliphatic heterocycles. The molecule has 128 valence electrons. The lowest BCUT2D eigenvalue weighted by Crippen LogP contribution is -1.98. The molecule has 2 aromatic rings. The van der Waals surface area contributed by atoms with E-state index in [1.165, 1.54) is 11.8 Å². The Morgan fingerprint density at radius 3 is 2.38 bits per heavy atom. The highest BCUT2D eigenvalue weighted by atomic mass is 79.9. The van der Waals surface area contributed by atoms with Crippen molar-refractivity contribution in [2.75, 3.05) is 5.75 Å². The van der Waals surface area contributed by atoms with Crippen molar-refractivity contribution in [3.8, 4) is 17.2 Å². The van der Waals surface area contributed by atoms with Gasteiger partial charge in [-0.3, -0.25) is 4.79 Å². The number of hydrogen-bond acceptors (Lipinski definition) is 4. The Morgan fingerprint density at radius 2 is 1.83 bits per heavy atom. The number of rotatable bonds is 6. The smallest absolute Gasteiger partial charge is 0.313 e. The monoisotopic (exact) mass is 474 g/mol. The van der Waals surface area contributed by atoms with Gasteiger partial charge in [-0.2, -0.15) is 0 Å². The number of phenolic OH excluding ortho intramolecular Hbond substituents is 1. The number of ether oxygens (including phenoxy) is 1. The number of carboxylic acid groups (broad SMARTS) is 1. The number of hydrogen-bond donors (Lipinski definition) is 2. The van der Waals surface area contributed by atoms with Gasteiger partial charge < -0.3 is 14.9 Å². The quantitative estimate of drug-likeness (QED) is 0.500. The number of carbonyl (C=O) groups is 1. The van der Waals surface area contributed by atoms with Crippen molar-refractivity contribution < 1.29 is 19.7 Å². The number of aliphatic carboxylic acids is 1. The molecular weight excluding hydrogens is 460 g/mol. The lowest BCUT2D eigenvalue weighted by molar-refractivity contribution is -0.133. The molecule has 24 heavy (non-hydrogen) atoms. The molecule has 0 spiro atoms. The second-order valence-electron chi connectivity index (χ2n) is 5.38. The van der Waals surface area contributed by atoms with E-state index in [9.17, 15) is 9.90 Å². The third kappa shape index (κ3) is 4.91. The highest BCUT2D eigenvalue weighted by molar-refractivity contribution is 9.11. The molecule has 7 heteroatoms. The summed E-state index contributed by atoms with van der Waals surface area (Å²) in [5.74, 6) is 0.782. The van der Waals surface area contributed by atoms with Gasteiger partial charge in [0.1, 0.15) is 11.5 Å². The Hall–Kier alpha value is -1.18. The van der Waals surface area contributed by atoms with Crippen molar-refractivity contribution in [1.82, 2.24) is 0 Å². The summed E-state index contributed by atoms with van der Waals surface area (Å²) in [4.78, 5) is 11.5. The molecular formula is C17H16Br2O4S. The second kappa shape index (κ2) is 8.27. The average molecular weight is 476 g/mol. The van der Waals surface area contributed by atoms with Crippen LogP contribution in [0.3, 0.4) is 0 Å². The van der Waals surface area contributed by atoms with E-state index in [-0.39, 0.29) is 17.4 Å². The van der Waals surface area contributed by atoms with Crippen LogP contribution in [0.1, 0.15) is 25.3 Å². The highest BCUT2D eigenvalue weighted by Gasteiger charge is 2.15. The number of carboxylic acids is 1. The Balaban J connectivity index is 2.32. The van der Waals surface area contributed by atoms with E-state index in [0.29, 0.717) is 20.4 Å². The van der Waals surface area contributed by atoms with Gasteiger partial charge in [0.05, 0.1) is 14.7 Å². The summed E-state index contributed by atoms with van der Waals surface area (Å²) in [6.45, 7) is 4.05. The van der Waals surface area contributed by atoms with Gasteiger partial charge in [-0.1, -0.05) is 13.8 Å². The molecule has 0 fully saturated rings. The third-order valence-corrected chi connectivity index (χ3v) is 5.30. The second-order valence-corrected chi connectivity index (χ2v) is 8.13. The zero-order valence-corrected chi connectivity index (χ0v) is 17.0. The topological polar surface area (TPSA) is 66.8 Å². The third-order valence-electron chi connectivity index (χ3n) is 3.16. The minimum atomic E-state index is -0.863. The minimum Gasteiger partial charge on any atom is -0.508 e. The van der Waals surface area contributed by atoms with E-state index in [1.807, 2.05) is 26.0 Å². The van der Waals surface area contributed by atoms with Crippen LogP contribution in [0.2, 0.25) is 0 Å². The van der Waals surface area contributed by atoms with Gasteiger partial charge >= 0.3 is 5.97 Å². The highest BCUT2D eigenvalue weighted by Crippen LogP contribution is 2.42. The van der Waals surface area contributed by atoms with Crippen LogP contribution in [0.15, 0.2) is 44.2 Å². The maximum atomic E-state index is 10.7. The van der Waals surface area contributed by atoms with E-state index in [4.69, 9.17) is 9.84 Å². The first-order valence-corrected chi connectivity index (χ1v) is 9.69. The molecule has 0 saturated heterocycles. The standard InChI is InChI=1S/C17H16Br2O4S/c1-9(2)12-5-10(20)3-4-15(12)23-17-13(18)6-11(7-14(17)19)24-8-16(21)22/h3-7,9,20H,8H2,1-2H3,(H,21,22). The maximum absolute atomic E-state index is 10.7.